The first-order valence-corrected chi connectivity index (χ1v) is 11.7. The lowest BCUT2D eigenvalue weighted by Crippen LogP contribution is -2.41. The average molecular weight is 529 g/mol. The van der Waals surface area contributed by atoms with E-state index in [9.17, 15) is 18.4 Å². The molecule has 3 rings (SSSR count). The third-order valence-electron chi connectivity index (χ3n) is 5.48. The first-order valence-electron chi connectivity index (χ1n) is 11.3. The smallest absolute Gasteiger partial charge is 0.328 e. The highest BCUT2D eigenvalue weighted by atomic mass is 32.1. The van der Waals surface area contributed by atoms with Crippen LogP contribution in [0, 0.1) is 11.6 Å². The molecule has 0 aliphatic carbocycles. The molecule has 3 aromatic rings. The average Bonchev–Trinajstić information content (AvgIpc) is 2.86. The van der Waals surface area contributed by atoms with Crippen molar-refractivity contribution in [2.75, 3.05) is 7.11 Å². The zero-order chi connectivity index (χ0) is 27.1. The second-order valence-corrected chi connectivity index (χ2v) is 8.61. The minimum Gasteiger partial charge on any atom is -0.493 e. The van der Waals surface area contributed by atoms with Gasteiger partial charge in [-0.15, -0.1) is 0 Å². The summed E-state index contributed by atoms with van der Waals surface area (Å²) in [6, 6.07) is 12.2. The van der Waals surface area contributed by atoms with Gasteiger partial charge in [0.25, 0.3) is 0 Å². The Morgan fingerprint density at radius 3 is 1.97 bits per heavy atom. The monoisotopic (exact) mass is 528 g/mol. The van der Waals surface area contributed by atoms with Crippen LogP contribution in [0.4, 0.5) is 8.78 Å². The number of nitrogens with zero attached hydrogens (tertiary/aromatic N) is 1. The summed E-state index contributed by atoms with van der Waals surface area (Å²) < 4.78 is 43.3. The maximum Gasteiger partial charge on any atom is 0.328 e. The number of thiocarbonyl (C=S) groups is 1. The Bertz CT molecular complexity index is 1220. The second-order valence-electron chi connectivity index (χ2n) is 8.20. The topological polar surface area (TPSA) is 86.8 Å². The molecular formula is C27H26F2N2O5S. The van der Waals surface area contributed by atoms with Crippen molar-refractivity contribution in [3.63, 3.8) is 0 Å². The van der Waals surface area contributed by atoms with E-state index in [1.165, 1.54) is 50.6 Å². The molecule has 194 valence electrons. The van der Waals surface area contributed by atoms with Crippen LogP contribution in [0.25, 0.3) is 0 Å². The quantitative estimate of drug-likeness (QED) is 0.316. The van der Waals surface area contributed by atoms with Gasteiger partial charge < -0.3 is 19.5 Å². The Kier molecular flexibility index (Phi) is 9.24. The van der Waals surface area contributed by atoms with Crippen LogP contribution in [0.2, 0.25) is 0 Å². The Balaban J connectivity index is 1.78. The maximum absolute atomic E-state index is 13.5. The summed E-state index contributed by atoms with van der Waals surface area (Å²) in [5.41, 5.74) is 1.50. The number of hydrogen-bond donors (Lipinski definition) is 1. The Labute approximate surface area is 218 Å². The number of halogens is 2. The molecule has 2 aromatic carbocycles. The Morgan fingerprint density at radius 1 is 0.946 bits per heavy atom. The summed E-state index contributed by atoms with van der Waals surface area (Å²) in [7, 11) is 1.41. The zero-order valence-corrected chi connectivity index (χ0v) is 21.5. The van der Waals surface area contributed by atoms with Gasteiger partial charge in [0, 0.05) is 25.1 Å². The van der Waals surface area contributed by atoms with Gasteiger partial charge in [-0.3, -0.25) is 4.79 Å². The molecule has 2 atom stereocenters. The molecule has 0 unspecified atom stereocenters. The SMILES string of the molecule is COc1ccnc(C(=S)N[C@H](C)C(=O)O[C@H](C)C(c2ccc(F)cc2)c2ccc(F)cc2)c1OC(C)=O. The number of aromatic nitrogens is 1. The number of nitrogens with one attached hydrogen (secondary N) is 1. The van der Waals surface area contributed by atoms with E-state index in [-0.39, 0.29) is 22.2 Å². The zero-order valence-electron chi connectivity index (χ0n) is 20.7. The molecule has 0 bridgehead atoms. The van der Waals surface area contributed by atoms with Gasteiger partial charge in [0.2, 0.25) is 5.75 Å². The first kappa shape index (κ1) is 27.7. The second kappa shape index (κ2) is 12.4. The van der Waals surface area contributed by atoms with Crippen LogP contribution in [0.5, 0.6) is 11.5 Å². The van der Waals surface area contributed by atoms with Crippen LogP contribution in [0.15, 0.2) is 60.8 Å². The minimum absolute atomic E-state index is 0.0246. The van der Waals surface area contributed by atoms with Crippen molar-refractivity contribution >= 4 is 29.1 Å². The summed E-state index contributed by atoms with van der Waals surface area (Å²) in [5, 5.41) is 2.85. The molecule has 0 aliphatic heterocycles. The molecule has 1 N–H and O–H groups in total. The molecule has 0 saturated carbocycles. The van der Waals surface area contributed by atoms with Crippen LogP contribution in [0.1, 0.15) is 43.5 Å². The fourth-order valence-electron chi connectivity index (χ4n) is 3.75. The van der Waals surface area contributed by atoms with E-state index in [0.717, 1.165) is 0 Å². The molecule has 37 heavy (non-hydrogen) atoms. The van der Waals surface area contributed by atoms with Crippen molar-refractivity contribution in [1.29, 1.82) is 0 Å². The minimum atomic E-state index is -0.907. The molecule has 0 radical (unpaired) electrons. The van der Waals surface area contributed by atoms with E-state index in [1.54, 1.807) is 38.1 Å². The summed E-state index contributed by atoms with van der Waals surface area (Å²) in [4.78, 5) is 28.7. The molecule has 1 heterocycles. The van der Waals surface area contributed by atoms with E-state index >= 15 is 0 Å². The van der Waals surface area contributed by atoms with Gasteiger partial charge in [-0.05, 0) is 49.2 Å². The fourth-order valence-corrected chi connectivity index (χ4v) is 4.07. The molecule has 0 aliphatic rings. The molecular weight excluding hydrogens is 502 g/mol. The van der Waals surface area contributed by atoms with Crippen molar-refractivity contribution < 1.29 is 32.6 Å². The number of carbonyl (C=O) groups is 2. The van der Waals surface area contributed by atoms with Crippen LogP contribution in [0.3, 0.4) is 0 Å². The van der Waals surface area contributed by atoms with Crippen LogP contribution < -0.4 is 14.8 Å². The Morgan fingerprint density at radius 2 is 1.49 bits per heavy atom. The third kappa shape index (κ3) is 7.07. The molecule has 1 aromatic heterocycles. The first-order chi connectivity index (χ1) is 17.6. The highest BCUT2D eigenvalue weighted by Crippen LogP contribution is 2.31. The lowest BCUT2D eigenvalue weighted by atomic mass is 9.87. The molecule has 0 spiro atoms. The normalized spacial score (nSPS) is 12.4. The number of methoxy groups -OCH3 is 1. The van der Waals surface area contributed by atoms with Gasteiger partial charge in [0.15, 0.2) is 5.75 Å². The van der Waals surface area contributed by atoms with E-state index in [2.05, 4.69) is 10.3 Å². The predicted octanol–water partition coefficient (Wildman–Crippen LogP) is 4.71. The van der Waals surface area contributed by atoms with Gasteiger partial charge in [-0.1, -0.05) is 36.5 Å². The molecule has 7 nitrogen and oxygen atoms in total. The highest BCUT2D eigenvalue weighted by molar-refractivity contribution is 7.80. The van der Waals surface area contributed by atoms with Crippen molar-refractivity contribution in [3.05, 3.63) is 89.2 Å². The Hall–Kier alpha value is -3.92. The van der Waals surface area contributed by atoms with E-state index < -0.39 is 41.6 Å². The molecule has 0 saturated heterocycles. The molecule has 0 amide bonds. The van der Waals surface area contributed by atoms with Crippen molar-refractivity contribution in [3.8, 4) is 11.5 Å². The van der Waals surface area contributed by atoms with Crippen molar-refractivity contribution in [1.82, 2.24) is 10.3 Å². The predicted molar refractivity (Wildman–Crippen MR) is 137 cm³/mol. The largest absolute Gasteiger partial charge is 0.493 e. The van der Waals surface area contributed by atoms with Gasteiger partial charge in [0.1, 0.15) is 34.5 Å². The van der Waals surface area contributed by atoms with Crippen LogP contribution in [-0.4, -0.2) is 41.2 Å². The lowest BCUT2D eigenvalue weighted by Gasteiger charge is -2.27. The number of rotatable bonds is 9. The number of esters is 2. The summed E-state index contributed by atoms with van der Waals surface area (Å²) >= 11 is 5.41. The summed E-state index contributed by atoms with van der Waals surface area (Å²) in [6.07, 6.45) is 0.726. The number of ether oxygens (including phenoxy) is 3. The number of pyridine rings is 1. The summed E-state index contributed by atoms with van der Waals surface area (Å²) in [6.45, 7) is 4.48. The third-order valence-corrected chi connectivity index (χ3v) is 5.79. The van der Waals surface area contributed by atoms with E-state index in [0.29, 0.717) is 11.1 Å². The standard InChI is InChI=1S/C27H26F2N2O5S/c1-15(31-26(37)24-25(36-17(3)32)22(34-4)13-14-30-24)27(33)35-16(2)23(18-5-9-20(28)10-6-18)19-7-11-21(29)12-8-19/h5-16,23H,1-4H3,(H,31,37)/t15-,16-/m1/s1. The van der Waals surface area contributed by atoms with Gasteiger partial charge >= 0.3 is 11.9 Å². The maximum atomic E-state index is 13.5. The fraction of sp³-hybridized carbons (Fsp3) is 0.259. The molecule has 10 heteroatoms. The van der Waals surface area contributed by atoms with E-state index in [4.69, 9.17) is 26.4 Å². The number of carbonyl (C=O) groups excluding carboxylic acids is 2. The van der Waals surface area contributed by atoms with Gasteiger partial charge in [-0.2, -0.15) is 0 Å². The lowest BCUT2D eigenvalue weighted by molar-refractivity contribution is -0.150. The highest BCUT2D eigenvalue weighted by Gasteiger charge is 2.28. The number of hydrogen-bond acceptors (Lipinski definition) is 7. The van der Waals surface area contributed by atoms with Crippen LogP contribution >= 0.6 is 12.2 Å². The molecule has 0 fully saturated rings. The number of benzene rings is 2. The van der Waals surface area contributed by atoms with Crippen molar-refractivity contribution in [2.24, 2.45) is 0 Å². The van der Waals surface area contributed by atoms with Crippen molar-refractivity contribution in [2.45, 2.75) is 38.8 Å². The summed E-state index contributed by atoms with van der Waals surface area (Å²) in [5.74, 6) is -2.25. The van der Waals surface area contributed by atoms with E-state index in [1.807, 2.05) is 0 Å². The van der Waals surface area contributed by atoms with Crippen LogP contribution in [-0.2, 0) is 14.3 Å². The van der Waals surface area contributed by atoms with Gasteiger partial charge in [0.05, 0.1) is 7.11 Å². The van der Waals surface area contributed by atoms with Gasteiger partial charge in [-0.25, -0.2) is 18.6 Å².